The van der Waals surface area contributed by atoms with E-state index in [9.17, 15) is 0 Å². The van der Waals surface area contributed by atoms with Gasteiger partial charge in [-0.05, 0) is 30.7 Å². The molecule has 0 radical (unpaired) electrons. The third kappa shape index (κ3) is 3.64. The van der Waals surface area contributed by atoms with E-state index in [1.54, 1.807) is 17.6 Å². The van der Waals surface area contributed by atoms with Crippen LogP contribution in [-0.4, -0.2) is 11.6 Å². The summed E-state index contributed by atoms with van der Waals surface area (Å²) in [5.74, 6) is 1.62. The summed E-state index contributed by atoms with van der Waals surface area (Å²) in [4.78, 5) is 4.56. The molecule has 0 amide bonds. The Morgan fingerprint density at radius 1 is 1.24 bits per heavy atom. The molecule has 0 spiro atoms. The molecule has 21 heavy (non-hydrogen) atoms. The van der Waals surface area contributed by atoms with Crippen molar-refractivity contribution in [3.05, 3.63) is 53.0 Å². The first kappa shape index (κ1) is 13.7. The third-order valence-corrected chi connectivity index (χ3v) is 3.90. The van der Waals surface area contributed by atoms with Crippen LogP contribution in [0.3, 0.4) is 0 Å². The molecular weight excluding hydrogens is 284 g/mol. The predicted molar refractivity (Wildman–Crippen MR) is 84.5 cm³/mol. The maximum absolute atomic E-state index is 5.71. The number of benzene rings is 1. The molecule has 0 aliphatic carbocycles. The number of aromatic nitrogens is 1. The van der Waals surface area contributed by atoms with Gasteiger partial charge in [0.2, 0.25) is 0 Å². The van der Waals surface area contributed by atoms with Crippen LogP contribution in [0.15, 0.2) is 52.5 Å². The molecule has 0 bridgehead atoms. The number of ether oxygens (including phenoxy) is 1. The molecule has 0 saturated heterocycles. The van der Waals surface area contributed by atoms with E-state index in [4.69, 9.17) is 14.9 Å². The van der Waals surface area contributed by atoms with Gasteiger partial charge in [0.25, 0.3) is 0 Å². The van der Waals surface area contributed by atoms with Crippen molar-refractivity contribution >= 4 is 17.0 Å². The molecule has 0 atom stereocenters. The molecule has 0 aliphatic heterocycles. The van der Waals surface area contributed by atoms with Crippen molar-refractivity contribution in [2.45, 2.75) is 12.8 Å². The minimum Gasteiger partial charge on any atom is -0.494 e. The molecule has 0 unspecified atom stereocenters. The SMILES string of the molecule is Nc1cccc(OCCCc2nc(-c3ccco3)cs2)c1. The molecule has 1 aromatic carbocycles. The second kappa shape index (κ2) is 6.45. The van der Waals surface area contributed by atoms with Crippen LogP contribution >= 0.6 is 11.3 Å². The molecular formula is C16H16N2O2S. The van der Waals surface area contributed by atoms with Gasteiger partial charge in [0.15, 0.2) is 5.76 Å². The molecule has 0 aliphatic rings. The maximum atomic E-state index is 5.71. The number of nitrogens with two attached hydrogens (primary N) is 1. The zero-order valence-corrected chi connectivity index (χ0v) is 12.3. The van der Waals surface area contributed by atoms with E-state index in [2.05, 4.69) is 4.98 Å². The third-order valence-electron chi connectivity index (χ3n) is 2.99. The normalized spacial score (nSPS) is 10.7. The number of furan rings is 1. The Labute approximate surface area is 127 Å². The molecule has 4 nitrogen and oxygen atoms in total. The van der Waals surface area contributed by atoms with Gasteiger partial charge in [-0.1, -0.05) is 6.07 Å². The van der Waals surface area contributed by atoms with Gasteiger partial charge in [0.05, 0.1) is 17.9 Å². The second-order valence-corrected chi connectivity index (χ2v) is 5.57. The summed E-state index contributed by atoms with van der Waals surface area (Å²) in [6, 6.07) is 11.3. The summed E-state index contributed by atoms with van der Waals surface area (Å²) < 4.78 is 11.0. The van der Waals surface area contributed by atoms with Crippen LogP contribution in [0.25, 0.3) is 11.5 Å². The molecule has 0 fully saturated rings. The first-order valence-corrected chi connectivity index (χ1v) is 7.66. The Bertz CT molecular complexity index is 692. The van der Waals surface area contributed by atoms with Crippen LogP contribution in [0.5, 0.6) is 5.75 Å². The molecule has 2 heterocycles. The Morgan fingerprint density at radius 3 is 3.00 bits per heavy atom. The van der Waals surface area contributed by atoms with E-state index >= 15 is 0 Å². The first-order chi connectivity index (χ1) is 10.3. The van der Waals surface area contributed by atoms with E-state index in [-0.39, 0.29) is 0 Å². The molecule has 2 N–H and O–H groups in total. The lowest BCUT2D eigenvalue weighted by molar-refractivity contribution is 0.311. The summed E-state index contributed by atoms with van der Waals surface area (Å²) >= 11 is 1.65. The maximum Gasteiger partial charge on any atom is 0.153 e. The van der Waals surface area contributed by atoms with Crippen LogP contribution < -0.4 is 10.5 Å². The van der Waals surface area contributed by atoms with Crippen molar-refractivity contribution in [1.29, 1.82) is 0 Å². The standard InChI is InChI=1S/C16H16N2O2S/c17-12-4-1-5-13(10-12)19-8-3-7-16-18-14(11-21-16)15-6-2-9-20-15/h1-2,4-6,9-11H,3,7-8,17H2. The van der Waals surface area contributed by atoms with Crippen molar-refractivity contribution in [1.82, 2.24) is 4.98 Å². The lowest BCUT2D eigenvalue weighted by Gasteiger charge is -2.05. The zero-order valence-electron chi connectivity index (χ0n) is 11.5. The van der Waals surface area contributed by atoms with Gasteiger partial charge in [0.1, 0.15) is 11.4 Å². The van der Waals surface area contributed by atoms with Crippen molar-refractivity contribution < 1.29 is 9.15 Å². The molecule has 108 valence electrons. The van der Waals surface area contributed by atoms with Gasteiger partial charge in [-0.15, -0.1) is 11.3 Å². The Balaban J connectivity index is 1.48. The highest BCUT2D eigenvalue weighted by Crippen LogP contribution is 2.23. The van der Waals surface area contributed by atoms with Crippen molar-refractivity contribution in [3.8, 4) is 17.2 Å². The summed E-state index contributed by atoms with van der Waals surface area (Å²) in [6.07, 6.45) is 3.47. The average Bonchev–Trinajstić information content (AvgIpc) is 3.14. The van der Waals surface area contributed by atoms with E-state index in [1.807, 2.05) is 41.8 Å². The monoisotopic (exact) mass is 300 g/mol. The van der Waals surface area contributed by atoms with E-state index < -0.39 is 0 Å². The second-order valence-electron chi connectivity index (χ2n) is 4.63. The highest BCUT2D eigenvalue weighted by atomic mass is 32.1. The minimum absolute atomic E-state index is 0.652. The number of hydrogen-bond donors (Lipinski definition) is 1. The predicted octanol–water partition coefficient (Wildman–Crippen LogP) is 4.00. The van der Waals surface area contributed by atoms with E-state index in [0.717, 1.165) is 40.7 Å². The van der Waals surface area contributed by atoms with E-state index in [0.29, 0.717) is 6.61 Å². The fourth-order valence-corrected chi connectivity index (χ4v) is 2.81. The Hall–Kier alpha value is -2.27. The fraction of sp³-hybridized carbons (Fsp3) is 0.188. The number of rotatable bonds is 6. The minimum atomic E-state index is 0.652. The number of thiazole rings is 1. The summed E-state index contributed by atoms with van der Waals surface area (Å²) in [5, 5.41) is 3.12. The molecule has 0 saturated carbocycles. The summed E-state index contributed by atoms with van der Waals surface area (Å²) in [6.45, 7) is 0.652. The van der Waals surface area contributed by atoms with Crippen molar-refractivity contribution in [3.63, 3.8) is 0 Å². The highest BCUT2D eigenvalue weighted by molar-refractivity contribution is 7.09. The highest BCUT2D eigenvalue weighted by Gasteiger charge is 2.06. The van der Waals surface area contributed by atoms with Crippen molar-refractivity contribution in [2.24, 2.45) is 0 Å². The average molecular weight is 300 g/mol. The molecule has 3 aromatic rings. The van der Waals surface area contributed by atoms with Gasteiger partial charge in [0, 0.05) is 23.6 Å². The fourth-order valence-electron chi connectivity index (χ4n) is 1.98. The molecule has 2 aromatic heterocycles. The van der Waals surface area contributed by atoms with Gasteiger partial charge >= 0.3 is 0 Å². The Morgan fingerprint density at radius 2 is 2.19 bits per heavy atom. The number of hydrogen-bond acceptors (Lipinski definition) is 5. The number of nitrogen functional groups attached to an aromatic ring is 1. The number of anilines is 1. The first-order valence-electron chi connectivity index (χ1n) is 6.78. The number of nitrogens with zero attached hydrogens (tertiary/aromatic N) is 1. The number of aryl methyl sites for hydroxylation is 1. The molecule has 5 heteroatoms. The van der Waals surface area contributed by atoms with Gasteiger partial charge in [-0.3, -0.25) is 0 Å². The van der Waals surface area contributed by atoms with E-state index in [1.165, 1.54) is 0 Å². The summed E-state index contributed by atoms with van der Waals surface area (Å²) in [7, 11) is 0. The lowest BCUT2D eigenvalue weighted by Crippen LogP contribution is -1.99. The van der Waals surface area contributed by atoms with Crippen LogP contribution in [0.1, 0.15) is 11.4 Å². The van der Waals surface area contributed by atoms with Crippen LogP contribution in [0, 0.1) is 0 Å². The van der Waals surface area contributed by atoms with Crippen LogP contribution in [0.4, 0.5) is 5.69 Å². The largest absolute Gasteiger partial charge is 0.494 e. The zero-order chi connectivity index (χ0) is 14.5. The smallest absolute Gasteiger partial charge is 0.153 e. The lowest BCUT2D eigenvalue weighted by atomic mass is 10.3. The van der Waals surface area contributed by atoms with Gasteiger partial charge in [-0.25, -0.2) is 4.98 Å². The van der Waals surface area contributed by atoms with Gasteiger partial charge < -0.3 is 14.9 Å². The molecule has 3 rings (SSSR count). The van der Waals surface area contributed by atoms with Crippen molar-refractivity contribution in [2.75, 3.05) is 12.3 Å². The topological polar surface area (TPSA) is 61.3 Å². The van der Waals surface area contributed by atoms with Crippen LogP contribution in [0.2, 0.25) is 0 Å². The Kier molecular flexibility index (Phi) is 4.21. The van der Waals surface area contributed by atoms with Crippen LogP contribution in [-0.2, 0) is 6.42 Å². The summed E-state index contributed by atoms with van der Waals surface area (Å²) in [5.41, 5.74) is 7.32. The van der Waals surface area contributed by atoms with Gasteiger partial charge in [-0.2, -0.15) is 0 Å². The quantitative estimate of drug-likeness (QED) is 0.552.